The monoisotopic (exact) mass is 377 g/mol. The van der Waals surface area contributed by atoms with Gasteiger partial charge in [-0.25, -0.2) is 0 Å². The fraction of sp³-hybridized carbons (Fsp3) is 0.438. The van der Waals surface area contributed by atoms with Gasteiger partial charge in [-0.05, 0) is 12.1 Å². The second kappa shape index (κ2) is 8.07. The summed E-state index contributed by atoms with van der Waals surface area (Å²) >= 11 is 0. The predicted molar refractivity (Wildman–Crippen MR) is 90.1 cm³/mol. The van der Waals surface area contributed by atoms with Gasteiger partial charge in [0, 0.05) is 38.1 Å². The number of amides is 1. The van der Waals surface area contributed by atoms with Gasteiger partial charge in [0.05, 0.1) is 0 Å². The number of furan rings is 1. The van der Waals surface area contributed by atoms with Crippen LogP contribution in [0, 0.1) is 0 Å². The fourth-order valence-electron chi connectivity index (χ4n) is 2.82. The third-order valence-corrected chi connectivity index (χ3v) is 4.08. The van der Waals surface area contributed by atoms with Crippen molar-refractivity contribution in [3.8, 4) is 0 Å². The number of carbonyl (C=O) groups excluding carboxylic acids is 1. The predicted octanol–water partition coefficient (Wildman–Crippen LogP) is 2.42. The van der Waals surface area contributed by atoms with E-state index in [2.05, 4.69) is 10.6 Å². The van der Waals surface area contributed by atoms with E-state index in [9.17, 15) is 18.0 Å². The largest absolute Gasteiger partial charge is 0.451 e. The Morgan fingerprint density at radius 3 is 2.60 bits per heavy atom. The molecule has 0 bridgehead atoms. The van der Waals surface area contributed by atoms with E-state index in [-0.39, 0.29) is 18.2 Å². The van der Waals surface area contributed by atoms with E-state index >= 15 is 0 Å². The summed E-state index contributed by atoms with van der Waals surface area (Å²) in [6, 6.07) is 6.85. The maximum Gasteiger partial charge on any atom is 0.405 e. The average Bonchev–Trinajstić information content (AvgIpc) is 2.99. The van der Waals surface area contributed by atoms with Crippen molar-refractivity contribution in [3.05, 3.63) is 36.1 Å². The van der Waals surface area contributed by atoms with E-state index in [4.69, 9.17) is 4.42 Å². The number of hydrogen-bond acceptors (Lipinski definition) is 4. The number of fused-ring (bicyclic) bond motifs is 1. The molecule has 1 unspecified atom stereocenters. The number of halogens is 4. The number of hydrogen-bond donors (Lipinski definition) is 2. The van der Waals surface area contributed by atoms with Gasteiger partial charge in [0.15, 0.2) is 5.76 Å². The standard InChI is InChI=1S/C16H18F3N3O2.ClH/c17-16(18,19)14(22-7-5-20-6-8-22)10-21-15(23)13-9-11-3-1-2-4-12(11)24-13;/h1-4,9,14,20H,5-8,10H2,(H,21,23);1H. The van der Waals surface area contributed by atoms with Crippen LogP contribution in [0.5, 0.6) is 0 Å². The van der Waals surface area contributed by atoms with Gasteiger partial charge in [-0.2, -0.15) is 13.2 Å². The molecule has 25 heavy (non-hydrogen) atoms. The molecule has 1 amide bonds. The summed E-state index contributed by atoms with van der Waals surface area (Å²) in [6.45, 7) is 1.10. The molecule has 5 nitrogen and oxygen atoms in total. The molecule has 1 aromatic heterocycles. The van der Waals surface area contributed by atoms with Crippen LogP contribution >= 0.6 is 12.4 Å². The third-order valence-electron chi connectivity index (χ3n) is 4.08. The van der Waals surface area contributed by atoms with E-state index in [1.807, 2.05) is 0 Å². The Labute approximate surface area is 148 Å². The Kier molecular flexibility index (Phi) is 6.31. The van der Waals surface area contributed by atoms with E-state index in [0.29, 0.717) is 31.8 Å². The highest BCUT2D eigenvalue weighted by molar-refractivity contribution is 5.96. The molecule has 1 saturated heterocycles. The summed E-state index contributed by atoms with van der Waals surface area (Å²) in [7, 11) is 0. The van der Waals surface area contributed by atoms with E-state index in [0.717, 1.165) is 5.39 Å². The first-order valence-electron chi connectivity index (χ1n) is 7.73. The van der Waals surface area contributed by atoms with Crippen LogP contribution in [0.25, 0.3) is 11.0 Å². The Balaban J connectivity index is 0.00000225. The van der Waals surface area contributed by atoms with Gasteiger partial charge < -0.3 is 15.1 Å². The van der Waals surface area contributed by atoms with Crippen LogP contribution in [-0.2, 0) is 0 Å². The first-order chi connectivity index (χ1) is 11.4. The minimum Gasteiger partial charge on any atom is -0.451 e. The molecule has 0 spiro atoms. The molecule has 2 N–H and O–H groups in total. The normalized spacial score (nSPS) is 17.1. The molecule has 1 fully saturated rings. The van der Waals surface area contributed by atoms with Gasteiger partial charge in [0.1, 0.15) is 11.6 Å². The minimum atomic E-state index is -4.40. The molecule has 9 heteroatoms. The maximum absolute atomic E-state index is 13.3. The molecule has 3 rings (SSSR count). The van der Waals surface area contributed by atoms with Gasteiger partial charge in [-0.1, -0.05) is 18.2 Å². The number of carbonyl (C=O) groups is 1. The zero-order valence-electron chi connectivity index (χ0n) is 13.3. The number of alkyl halides is 3. The van der Waals surface area contributed by atoms with Crippen molar-refractivity contribution in [2.75, 3.05) is 32.7 Å². The summed E-state index contributed by atoms with van der Waals surface area (Å²) < 4.78 is 45.2. The third kappa shape index (κ3) is 4.65. The molecule has 1 aromatic carbocycles. The summed E-state index contributed by atoms with van der Waals surface area (Å²) in [5.74, 6) is -0.631. The number of nitrogens with one attached hydrogen (secondary N) is 2. The Bertz CT molecular complexity index is 681. The van der Waals surface area contributed by atoms with Crippen LogP contribution in [0.2, 0.25) is 0 Å². The molecule has 0 radical (unpaired) electrons. The average molecular weight is 378 g/mol. The highest BCUT2D eigenvalue weighted by Gasteiger charge is 2.43. The molecule has 1 atom stereocenters. The smallest absolute Gasteiger partial charge is 0.405 e. The maximum atomic E-state index is 13.3. The number of nitrogens with zero attached hydrogens (tertiary/aromatic N) is 1. The van der Waals surface area contributed by atoms with Crippen molar-refractivity contribution in [2.45, 2.75) is 12.2 Å². The Morgan fingerprint density at radius 2 is 1.96 bits per heavy atom. The molecule has 1 aliphatic rings. The fourth-order valence-corrected chi connectivity index (χ4v) is 2.82. The lowest BCUT2D eigenvalue weighted by Crippen LogP contribution is -2.57. The second-order valence-corrected chi connectivity index (χ2v) is 5.70. The van der Waals surface area contributed by atoms with Crippen molar-refractivity contribution in [2.24, 2.45) is 0 Å². The molecule has 2 aromatic rings. The number of piperazine rings is 1. The zero-order valence-corrected chi connectivity index (χ0v) is 14.1. The van der Waals surface area contributed by atoms with Crippen molar-refractivity contribution in [1.29, 1.82) is 0 Å². The second-order valence-electron chi connectivity index (χ2n) is 5.70. The number of benzene rings is 1. The van der Waals surface area contributed by atoms with E-state index in [1.54, 1.807) is 24.3 Å². The molecule has 2 heterocycles. The molecular weight excluding hydrogens is 359 g/mol. The SMILES string of the molecule is Cl.O=C(NCC(N1CCNCC1)C(F)(F)F)c1cc2ccccc2o1. The Morgan fingerprint density at radius 1 is 1.28 bits per heavy atom. The van der Waals surface area contributed by atoms with E-state index < -0.39 is 24.7 Å². The van der Waals surface area contributed by atoms with Gasteiger partial charge >= 0.3 is 6.18 Å². The van der Waals surface area contributed by atoms with Crippen molar-refractivity contribution in [3.63, 3.8) is 0 Å². The van der Waals surface area contributed by atoms with Crippen LogP contribution in [0.3, 0.4) is 0 Å². The van der Waals surface area contributed by atoms with Gasteiger partial charge in [0.2, 0.25) is 0 Å². The van der Waals surface area contributed by atoms with Gasteiger partial charge in [0.25, 0.3) is 5.91 Å². The highest BCUT2D eigenvalue weighted by atomic mass is 35.5. The minimum absolute atomic E-state index is 0. The Hall–Kier alpha value is -1.77. The van der Waals surface area contributed by atoms with Crippen LogP contribution in [0.4, 0.5) is 13.2 Å². The summed E-state index contributed by atoms with van der Waals surface area (Å²) in [5.41, 5.74) is 0.525. The van der Waals surface area contributed by atoms with Crippen LogP contribution in [-0.4, -0.2) is 55.7 Å². The summed E-state index contributed by atoms with van der Waals surface area (Å²) in [5, 5.41) is 6.10. The van der Waals surface area contributed by atoms with Crippen molar-refractivity contribution < 1.29 is 22.4 Å². The summed E-state index contributed by atoms with van der Waals surface area (Å²) in [6.07, 6.45) is -4.40. The number of para-hydroxylation sites is 1. The van der Waals surface area contributed by atoms with Crippen LogP contribution in [0.1, 0.15) is 10.6 Å². The van der Waals surface area contributed by atoms with E-state index in [1.165, 1.54) is 11.0 Å². The first kappa shape index (κ1) is 19.6. The lowest BCUT2D eigenvalue weighted by atomic mass is 10.2. The van der Waals surface area contributed by atoms with Gasteiger partial charge in [-0.15, -0.1) is 12.4 Å². The van der Waals surface area contributed by atoms with Gasteiger partial charge in [-0.3, -0.25) is 9.69 Å². The molecule has 1 aliphatic heterocycles. The molecule has 0 aliphatic carbocycles. The quantitative estimate of drug-likeness (QED) is 0.859. The topological polar surface area (TPSA) is 57.5 Å². The van der Waals surface area contributed by atoms with Crippen LogP contribution in [0.15, 0.2) is 34.7 Å². The highest BCUT2D eigenvalue weighted by Crippen LogP contribution is 2.25. The summed E-state index contributed by atoms with van der Waals surface area (Å²) in [4.78, 5) is 13.5. The van der Waals surface area contributed by atoms with Crippen molar-refractivity contribution >= 4 is 29.3 Å². The molecule has 138 valence electrons. The lowest BCUT2D eigenvalue weighted by Gasteiger charge is -2.35. The zero-order chi connectivity index (χ0) is 17.2. The molecular formula is C16H19ClF3N3O2. The van der Waals surface area contributed by atoms with Crippen molar-refractivity contribution in [1.82, 2.24) is 15.5 Å². The lowest BCUT2D eigenvalue weighted by molar-refractivity contribution is -0.183. The first-order valence-corrected chi connectivity index (χ1v) is 7.73. The van der Waals surface area contributed by atoms with Crippen LogP contribution < -0.4 is 10.6 Å². The number of rotatable bonds is 4. The molecule has 0 saturated carbocycles.